The maximum Gasteiger partial charge on any atom is 0.174 e. The first-order chi connectivity index (χ1) is 16.8. The Bertz CT molecular complexity index is 1440. The average Bonchev–Trinajstić information content (AvgIpc) is 3.31. The van der Waals surface area contributed by atoms with Gasteiger partial charge < -0.3 is 19.9 Å². The SMILES string of the molecule is Cc1cc([C@@H]2[C@H](c3ccccn3)NC(=S)N2c2cc(Cl)ccc2O)c(C)n1-c1ccc(Cl)cc1Cl. The first kappa shape index (κ1) is 23.9. The largest absolute Gasteiger partial charge is 0.506 e. The summed E-state index contributed by atoms with van der Waals surface area (Å²) in [6.07, 6.45) is 1.76. The van der Waals surface area contributed by atoms with Crippen molar-refractivity contribution in [3.63, 3.8) is 0 Å². The number of hydrogen-bond donors (Lipinski definition) is 2. The lowest BCUT2D eigenvalue weighted by molar-refractivity contribution is 0.472. The lowest BCUT2D eigenvalue weighted by Crippen LogP contribution is -2.29. The van der Waals surface area contributed by atoms with Crippen LogP contribution in [0.15, 0.2) is 66.9 Å². The highest BCUT2D eigenvalue weighted by molar-refractivity contribution is 7.80. The van der Waals surface area contributed by atoms with E-state index in [1.54, 1.807) is 30.5 Å². The molecule has 0 aliphatic carbocycles. The number of nitrogens with one attached hydrogen (secondary N) is 1. The van der Waals surface area contributed by atoms with Gasteiger partial charge in [0.05, 0.1) is 34.2 Å². The van der Waals surface area contributed by atoms with Crippen LogP contribution in [0.3, 0.4) is 0 Å². The average molecular weight is 544 g/mol. The number of phenols is 1. The molecule has 0 radical (unpaired) electrons. The summed E-state index contributed by atoms with van der Waals surface area (Å²) in [5, 5.41) is 16.3. The monoisotopic (exact) mass is 542 g/mol. The van der Waals surface area contributed by atoms with E-state index in [1.165, 1.54) is 0 Å². The van der Waals surface area contributed by atoms with E-state index in [9.17, 15) is 5.11 Å². The lowest BCUT2D eigenvalue weighted by Gasteiger charge is -2.29. The fraction of sp³-hybridized carbons (Fsp3) is 0.154. The van der Waals surface area contributed by atoms with Crippen molar-refractivity contribution in [1.82, 2.24) is 14.9 Å². The fourth-order valence-electron chi connectivity index (χ4n) is 4.74. The number of hydrogen-bond acceptors (Lipinski definition) is 3. The first-order valence-electron chi connectivity index (χ1n) is 10.9. The van der Waals surface area contributed by atoms with Crippen molar-refractivity contribution in [2.24, 2.45) is 0 Å². The predicted octanol–water partition coefficient (Wildman–Crippen LogP) is 7.33. The van der Waals surface area contributed by atoms with Crippen LogP contribution in [0.1, 0.15) is 34.7 Å². The summed E-state index contributed by atoms with van der Waals surface area (Å²) < 4.78 is 2.10. The molecule has 2 atom stereocenters. The van der Waals surface area contributed by atoms with Gasteiger partial charge in [-0.05, 0) is 86.2 Å². The zero-order valence-corrected chi connectivity index (χ0v) is 21.9. The number of rotatable bonds is 4. The maximum atomic E-state index is 10.8. The Morgan fingerprint density at radius 3 is 2.40 bits per heavy atom. The summed E-state index contributed by atoms with van der Waals surface area (Å²) in [6, 6.07) is 17.7. The van der Waals surface area contributed by atoms with Gasteiger partial charge in [0.25, 0.3) is 0 Å². The van der Waals surface area contributed by atoms with Crippen molar-refractivity contribution in [1.29, 1.82) is 0 Å². The smallest absolute Gasteiger partial charge is 0.174 e. The van der Waals surface area contributed by atoms with Gasteiger partial charge in [-0.15, -0.1) is 0 Å². The zero-order valence-electron chi connectivity index (χ0n) is 18.8. The molecule has 0 spiro atoms. The van der Waals surface area contributed by atoms with Gasteiger partial charge in [0.1, 0.15) is 5.75 Å². The molecule has 5 rings (SSSR count). The minimum atomic E-state index is -0.312. The highest BCUT2D eigenvalue weighted by Gasteiger charge is 2.43. The van der Waals surface area contributed by atoms with E-state index in [0.29, 0.717) is 25.9 Å². The van der Waals surface area contributed by atoms with Crippen molar-refractivity contribution < 1.29 is 5.11 Å². The van der Waals surface area contributed by atoms with Gasteiger partial charge in [-0.1, -0.05) is 40.9 Å². The third-order valence-electron chi connectivity index (χ3n) is 6.23. The molecule has 1 fully saturated rings. The van der Waals surface area contributed by atoms with E-state index in [4.69, 9.17) is 47.0 Å². The normalized spacial score (nSPS) is 17.6. The quantitative estimate of drug-likeness (QED) is 0.264. The third-order valence-corrected chi connectivity index (χ3v) is 7.32. The van der Waals surface area contributed by atoms with Crippen molar-refractivity contribution in [2.75, 3.05) is 4.90 Å². The summed E-state index contributed by atoms with van der Waals surface area (Å²) in [6.45, 7) is 4.07. The van der Waals surface area contributed by atoms with E-state index in [1.807, 2.05) is 49.1 Å². The van der Waals surface area contributed by atoms with Crippen LogP contribution >= 0.6 is 47.0 Å². The van der Waals surface area contributed by atoms with Gasteiger partial charge in [-0.25, -0.2) is 0 Å². The Morgan fingerprint density at radius 1 is 0.943 bits per heavy atom. The van der Waals surface area contributed by atoms with Crippen LogP contribution in [0.25, 0.3) is 5.69 Å². The van der Waals surface area contributed by atoms with E-state index >= 15 is 0 Å². The second-order valence-electron chi connectivity index (χ2n) is 8.39. The molecule has 2 aromatic heterocycles. The Labute approximate surface area is 223 Å². The molecule has 35 heavy (non-hydrogen) atoms. The highest BCUT2D eigenvalue weighted by atomic mass is 35.5. The number of phenolic OH excluding ortho intramolecular Hbond substituents is 1. The summed E-state index contributed by atoms with van der Waals surface area (Å²) in [4.78, 5) is 6.51. The molecule has 3 heterocycles. The van der Waals surface area contributed by atoms with Crippen LogP contribution in [-0.4, -0.2) is 19.8 Å². The Kier molecular flexibility index (Phi) is 6.40. The Hall–Kier alpha value is -2.77. The molecule has 0 saturated carbocycles. The summed E-state index contributed by atoms with van der Waals surface area (Å²) in [7, 11) is 0. The predicted molar refractivity (Wildman–Crippen MR) is 146 cm³/mol. The molecule has 0 bridgehead atoms. The number of aromatic nitrogens is 2. The highest BCUT2D eigenvalue weighted by Crippen LogP contribution is 2.46. The Balaban J connectivity index is 1.72. The van der Waals surface area contributed by atoms with Crippen molar-refractivity contribution >= 4 is 57.8 Å². The van der Waals surface area contributed by atoms with Gasteiger partial charge in [-0.2, -0.15) is 0 Å². The molecule has 1 aliphatic heterocycles. The third kappa shape index (κ3) is 4.25. The minimum Gasteiger partial charge on any atom is -0.506 e. The van der Waals surface area contributed by atoms with Crippen LogP contribution in [0.5, 0.6) is 5.75 Å². The second kappa shape index (κ2) is 9.36. The molecule has 0 amide bonds. The lowest BCUT2D eigenvalue weighted by atomic mass is 9.96. The van der Waals surface area contributed by atoms with Gasteiger partial charge in [-0.3, -0.25) is 4.98 Å². The molecule has 178 valence electrons. The van der Waals surface area contributed by atoms with Crippen LogP contribution in [0.2, 0.25) is 15.1 Å². The standard InChI is InChI=1S/C26H21Cl3N4OS/c1-14-11-18(15(2)32(14)21-8-6-16(27)12-19(21)29)25-24(20-5-3-4-10-30-20)31-26(35)33(25)22-13-17(28)7-9-23(22)34/h3-13,24-25,34H,1-2H3,(H,31,35)/t24-,25+/m0/s1. The number of nitrogens with zero attached hydrogens (tertiary/aromatic N) is 3. The molecule has 1 saturated heterocycles. The number of benzene rings is 2. The number of aromatic hydroxyl groups is 1. The molecule has 9 heteroatoms. The van der Waals surface area contributed by atoms with Gasteiger partial charge >= 0.3 is 0 Å². The van der Waals surface area contributed by atoms with Gasteiger partial charge in [0.2, 0.25) is 0 Å². The second-order valence-corrected chi connectivity index (χ2v) is 10.1. The van der Waals surface area contributed by atoms with E-state index in [-0.39, 0.29) is 17.8 Å². The molecule has 2 N–H and O–H groups in total. The first-order valence-corrected chi connectivity index (χ1v) is 12.4. The zero-order chi connectivity index (χ0) is 24.9. The van der Waals surface area contributed by atoms with Crippen molar-refractivity contribution in [3.8, 4) is 11.4 Å². The fourth-order valence-corrected chi connectivity index (χ4v) is 5.74. The number of anilines is 1. The number of pyridine rings is 1. The topological polar surface area (TPSA) is 53.3 Å². The molecule has 0 unspecified atom stereocenters. The maximum absolute atomic E-state index is 10.8. The molecule has 4 aromatic rings. The molecule has 5 nitrogen and oxygen atoms in total. The Morgan fingerprint density at radius 2 is 1.69 bits per heavy atom. The van der Waals surface area contributed by atoms with Crippen molar-refractivity contribution in [3.05, 3.63) is 105 Å². The molecule has 1 aliphatic rings. The van der Waals surface area contributed by atoms with Crippen LogP contribution in [0, 0.1) is 13.8 Å². The molecular formula is C26H21Cl3N4OS. The van der Waals surface area contributed by atoms with Crippen molar-refractivity contribution in [2.45, 2.75) is 25.9 Å². The van der Waals surface area contributed by atoms with E-state index in [2.05, 4.69) is 20.9 Å². The molecule has 2 aromatic carbocycles. The summed E-state index contributed by atoms with van der Waals surface area (Å²) in [5.74, 6) is 0.0831. The van der Waals surface area contributed by atoms with Crippen LogP contribution in [-0.2, 0) is 0 Å². The minimum absolute atomic E-state index is 0.0831. The van der Waals surface area contributed by atoms with Gasteiger partial charge in [0, 0.05) is 27.6 Å². The van der Waals surface area contributed by atoms with Crippen LogP contribution < -0.4 is 10.2 Å². The van der Waals surface area contributed by atoms with Gasteiger partial charge in [0.15, 0.2) is 5.11 Å². The summed E-state index contributed by atoms with van der Waals surface area (Å²) in [5.41, 5.74) is 5.17. The van der Waals surface area contributed by atoms with E-state index < -0.39 is 0 Å². The summed E-state index contributed by atoms with van der Waals surface area (Å²) >= 11 is 24.8. The van der Waals surface area contributed by atoms with Crippen LogP contribution in [0.4, 0.5) is 5.69 Å². The number of thiocarbonyl (C=S) groups is 1. The number of aryl methyl sites for hydroxylation is 1. The number of halogens is 3. The van der Waals surface area contributed by atoms with E-state index in [0.717, 1.165) is 28.3 Å². The molecular weight excluding hydrogens is 523 g/mol.